The molecule has 0 N–H and O–H groups in total. The van der Waals surface area contributed by atoms with Gasteiger partial charge in [-0.3, -0.25) is 9.48 Å². The molecule has 0 unspecified atom stereocenters. The summed E-state index contributed by atoms with van der Waals surface area (Å²) in [4.78, 5) is 15.5. The van der Waals surface area contributed by atoms with Crippen LogP contribution in [0.5, 0.6) is 0 Å². The second-order valence-corrected chi connectivity index (χ2v) is 9.83. The minimum atomic E-state index is -4.54. The summed E-state index contributed by atoms with van der Waals surface area (Å²) in [5, 5.41) is 8.40. The molecule has 0 aliphatic carbocycles. The summed E-state index contributed by atoms with van der Waals surface area (Å²) in [5.41, 5.74) is 1.69. The van der Waals surface area contributed by atoms with Gasteiger partial charge < -0.3 is 4.90 Å². The van der Waals surface area contributed by atoms with Gasteiger partial charge in [-0.15, -0.1) is 0 Å². The van der Waals surface area contributed by atoms with Crippen molar-refractivity contribution in [1.29, 1.82) is 0 Å². The number of nitrogens with zero attached hydrogens (tertiary/aromatic N) is 5. The molecule has 4 heterocycles. The highest BCUT2D eigenvalue weighted by Gasteiger charge is 2.43. The summed E-state index contributed by atoms with van der Waals surface area (Å²) in [7, 11) is 1.63. The molecule has 2 aliphatic heterocycles. The van der Waals surface area contributed by atoms with Crippen LogP contribution in [0.4, 0.5) is 26.3 Å². The van der Waals surface area contributed by atoms with Gasteiger partial charge in [0.05, 0.1) is 34.9 Å². The van der Waals surface area contributed by atoms with E-state index in [-0.39, 0.29) is 23.1 Å². The van der Waals surface area contributed by atoms with Gasteiger partial charge in [0, 0.05) is 36.0 Å². The van der Waals surface area contributed by atoms with E-state index in [1.807, 2.05) is 0 Å². The van der Waals surface area contributed by atoms with Crippen LogP contribution in [-0.2, 0) is 19.6 Å². The molecule has 39 heavy (non-hydrogen) atoms. The molecule has 1 fully saturated rings. The van der Waals surface area contributed by atoms with Crippen LogP contribution in [0.15, 0.2) is 48.8 Å². The average Bonchev–Trinajstić information content (AvgIpc) is 3.52. The first-order valence-corrected chi connectivity index (χ1v) is 12.3. The Morgan fingerprint density at radius 1 is 1.05 bits per heavy atom. The number of carbonyl (C=O) groups excluding carboxylic acids is 1. The molecule has 0 spiro atoms. The molecule has 2 aromatic carbocycles. The molecule has 2 bridgehead atoms. The van der Waals surface area contributed by atoms with E-state index in [0.29, 0.717) is 36.3 Å². The Hall–Kier alpha value is -4.09. The first-order chi connectivity index (χ1) is 18.5. The normalized spacial score (nSPS) is 18.8. The third-order valence-electron chi connectivity index (χ3n) is 7.44. The highest BCUT2D eigenvalue weighted by atomic mass is 19.4. The van der Waals surface area contributed by atoms with Crippen molar-refractivity contribution in [1.82, 2.24) is 24.5 Å². The van der Waals surface area contributed by atoms with Crippen molar-refractivity contribution >= 4 is 5.91 Å². The van der Waals surface area contributed by atoms with Crippen LogP contribution >= 0.6 is 0 Å². The zero-order chi connectivity index (χ0) is 27.6. The Bertz CT molecular complexity index is 1580. The van der Waals surface area contributed by atoms with Crippen LogP contribution in [0.25, 0.3) is 16.9 Å². The van der Waals surface area contributed by atoms with Gasteiger partial charge in [-0.25, -0.2) is 17.9 Å². The van der Waals surface area contributed by atoms with Gasteiger partial charge in [-0.05, 0) is 56.0 Å². The summed E-state index contributed by atoms with van der Waals surface area (Å²) in [5.74, 6) is -4.44. The van der Waals surface area contributed by atoms with Crippen LogP contribution in [0.1, 0.15) is 52.5 Å². The highest BCUT2D eigenvalue weighted by Crippen LogP contribution is 2.45. The van der Waals surface area contributed by atoms with E-state index in [1.54, 1.807) is 30.1 Å². The summed E-state index contributed by atoms with van der Waals surface area (Å²) in [6, 6.07) is 7.48. The number of aromatic nitrogens is 4. The number of piperidine rings is 1. The highest BCUT2D eigenvalue weighted by molar-refractivity contribution is 5.95. The van der Waals surface area contributed by atoms with Gasteiger partial charge in [0.25, 0.3) is 5.91 Å². The van der Waals surface area contributed by atoms with Crippen LogP contribution in [-0.4, -0.2) is 36.4 Å². The molecule has 202 valence electrons. The fraction of sp³-hybridized carbons (Fsp3) is 0.296. The number of hydrogen-bond acceptors (Lipinski definition) is 3. The van der Waals surface area contributed by atoms with E-state index in [2.05, 4.69) is 10.2 Å². The first-order valence-electron chi connectivity index (χ1n) is 12.3. The maximum Gasteiger partial charge on any atom is 0.419 e. The predicted octanol–water partition coefficient (Wildman–Crippen LogP) is 6.00. The summed E-state index contributed by atoms with van der Waals surface area (Å²) in [6.45, 7) is 0. The maximum atomic E-state index is 14.0. The van der Waals surface area contributed by atoms with Crippen molar-refractivity contribution in [2.24, 2.45) is 7.05 Å². The Morgan fingerprint density at radius 2 is 1.79 bits per heavy atom. The molecule has 1 saturated heterocycles. The molecule has 1 amide bonds. The molecule has 6 nitrogen and oxygen atoms in total. The van der Waals surface area contributed by atoms with Gasteiger partial charge in [-0.1, -0.05) is 6.07 Å². The molecular formula is C27H21F6N5O. The number of carbonyl (C=O) groups is 1. The van der Waals surface area contributed by atoms with Gasteiger partial charge in [0.1, 0.15) is 0 Å². The molecule has 4 aromatic rings. The number of hydrogen-bond donors (Lipinski definition) is 0. The zero-order valence-corrected chi connectivity index (χ0v) is 20.5. The fourth-order valence-corrected chi connectivity index (χ4v) is 5.74. The Labute approximate surface area is 218 Å². The van der Waals surface area contributed by atoms with Crippen molar-refractivity contribution in [2.45, 2.75) is 43.9 Å². The zero-order valence-electron chi connectivity index (χ0n) is 20.5. The van der Waals surface area contributed by atoms with E-state index in [1.165, 1.54) is 10.7 Å². The second-order valence-electron chi connectivity index (χ2n) is 9.83. The molecule has 0 radical (unpaired) electrons. The largest absolute Gasteiger partial charge is 0.419 e. The van der Waals surface area contributed by atoms with E-state index >= 15 is 0 Å². The Morgan fingerprint density at radius 3 is 2.49 bits per heavy atom. The predicted molar refractivity (Wildman–Crippen MR) is 127 cm³/mol. The number of alkyl halides is 3. The smallest absolute Gasteiger partial charge is 0.327 e. The molecular weight excluding hydrogens is 524 g/mol. The second kappa shape index (κ2) is 8.99. The Kier molecular flexibility index (Phi) is 5.81. The third-order valence-corrected chi connectivity index (χ3v) is 7.44. The number of aryl methyl sites for hydroxylation is 1. The quantitative estimate of drug-likeness (QED) is 0.234. The standard InChI is InChI=1S/C27H21F6N5O/c1-36-25(15-9-20(28)23(30)21(29)10-15)19-11-18-6-3-7-22(24(19)35-36)38(18)26(39)14-4-2-5-17(8-14)37-13-16(12-34-37)27(31,32)33/h2,4-5,8-10,12-13,18,22H,3,6-7,11H2,1H3/t18-,22+/m0/s1. The van der Waals surface area contributed by atoms with Gasteiger partial charge in [0.2, 0.25) is 0 Å². The lowest BCUT2D eigenvalue weighted by Crippen LogP contribution is -2.49. The number of fused-ring (bicyclic) bond motifs is 4. The van der Waals surface area contributed by atoms with Gasteiger partial charge >= 0.3 is 6.18 Å². The molecule has 0 saturated carbocycles. The van der Waals surface area contributed by atoms with Crippen LogP contribution in [0.3, 0.4) is 0 Å². The molecule has 2 aromatic heterocycles. The van der Waals surface area contributed by atoms with E-state index in [0.717, 1.165) is 41.2 Å². The van der Waals surface area contributed by atoms with E-state index in [9.17, 15) is 31.1 Å². The van der Waals surface area contributed by atoms with Gasteiger partial charge in [0.15, 0.2) is 17.5 Å². The summed E-state index contributed by atoms with van der Waals surface area (Å²) in [6.07, 6.45) is -0.416. The topological polar surface area (TPSA) is 56.0 Å². The summed E-state index contributed by atoms with van der Waals surface area (Å²) >= 11 is 0. The third kappa shape index (κ3) is 4.18. The average molecular weight is 545 g/mol. The number of amides is 1. The van der Waals surface area contributed by atoms with Crippen molar-refractivity contribution < 1.29 is 31.1 Å². The maximum absolute atomic E-state index is 14.0. The minimum Gasteiger partial charge on any atom is -0.327 e. The lowest BCUT2D eigenvalue weighted by Gasteiger charge is -2.45. The van der Waals surface area contributed by atoms with Crippen molar-refractivity contribution in [3.8, 4) is 16.9 Å². The lowest BCUT2D eigenvalue weighted by atomic mass is 9.81. The van der Waals surface area contributed by atoms with Crippen LogP contribution < -0.4 is 0 Å². The van der Waals surface area contributed by atoms with Crippen molar-refractivity contribution in [3.05, 3.63) is 88.6 Å². The van der Waals surface area contributed by atoms with Crippen LogP contribution in [0, 0.1) is 17.5 Å². The number of halogens is 6. The lowest BCUT2D eigenvalue weighted by molar-refractivity contribution is -0.137. The van der Waals surface area contributed by atoms with Crippen molar-refractivity contribution in [3.63, 3.8) is 0 Å². The summed E-state index contributed by atoms with van der Waals surface area (Å²) < 4.78 is 83.4. The number of rotatable bonds is 3. The SMILES string of the molecule is Cn1nc2c(c1-c1cc(F)c(F)c(F)c1)C[C@@H]1CCC[C@H]2N1C(=O)c1cccc(-n2cc(C(F)(F)F)cn2)c1. The monoisotopic (exact) mass is 545 g/mol. The number of benzene rings is 2. The minimum absolute atomic E-state index is 0.158. The first kappa shape index (κ1) is 25.2. The Balaban J connectivity index is 1.36. The van der Waals surface area contributed by atoms with Crippen molar-refractivity contribution in [2.75, 3.05) is 0 Å². The molecule has 2 atom stereocenters. The van der Waals surface area contributed by atoms with E-state index < -0.39 is 35.2 Å². The van der Waals surface area contributed by atoms with E-state index in [4.69, 9.17) is 0 Å². The molecule has 2 aliphatic rings. The fourth-order valence-electron chi connectivity index (χ4n) is 5.74. The van der Waals surface area contributed by atoms with Crippen LogP contribution in [0.2, 0.25) is 0 Å². The molecule has 6 rings (SSSR count). The van der Waals surface area contributed by atoms with Gasteiger partial charge in [-0.2, -0.15) is 23.4 Å². The molecule has 12 heteroatoms.